The van der Waals surface area contributed by atoms with Gasteiger partial charge in [-0.1, -0.05) is 52.9 Å². The van der Waals surface area contributed by atoms with Crippen molar-refractivity contribution in [2.45, 2.75) is 78.2 Å². The molecular formula is C18H32O. The Morgan fingerprint density at radius 2 is 1.79 bits per heavy atom. The molecule has 4 fully saturated rings. The molecular weight excluding hydrogens is 232 g/mol. The van der Waals surface area contributed by atoms with E-state index < -0.39 is 0 Å². The molecule has 0 heterocycles. The average molecular weight is 264 g/mol. The van der Waals surface area contributed by atoms with E-state index in [4.69, 9.17) is 0 Å². The van der Waals surface area contributed by atoms with E-state index in [0.717, 1.165) is 30.1 Å². The normalized spacial score (nSPS) is 43.6. The summed E-state index contributed by atoms with van der Waals surface area (Å²) in [5.41, 5.74) is 0.556. The van der Waals surface area contributed by atoms with Gasteiger partial charge in [-0.05, 0) is 54.3 Å². The molecule has 0 aromatic carbocycles. The lowest BCUT2D eigenvalue weighted by atomic mass is 9.43. The highest BCUT2D eigenvalue weighted by molar-refractivity contribution is 5.06. The lowest BCUT2D eigenvalue weighted by molar-refractivity contribution is -0.154. The molecule has 0 radical (unpaired) electrons. The summed E-state index contributed by atoms with van der Waals surface area (Å²) in [5.74, 6) is 3.91. The molecule has 0 spiro atoms. The topological polar surface area (TPSA) is 20.2 Å². The maximum Gasteiger partial charge on any atom is 0.0573 e. The molecule has 0 amide bonds. The highest BCUT2D eigenvalue weighted by atomic mass is 16.3. The molecule has 0 aromatic rings. The monoisotopic (exact) mass is 264 g/mol. The molecule has 4 aliphatic carbocycles. The van der Waals surface area contributed by atoms with E-state index in [1.54, 1.807) is 0 Å². The van der Waals surface area contributed by atoms with Crippen LogP contribution in [0, 0.1) is 35.0 Å². The fraction of sp³-hybridized carbons (Fsp3) is 1.00. The van der Waals surface area contributed by atoms with Crippen LogP contribution in [-0.4, -0.2) is 11.2 Å². The smallest absolute Gasteiger partial charge is 0.0573 e. The van der Waals surface area contributed by atoms with Crippen LogP contribution >= 0.6 is 0 Å². The lowest BCUT2D eigenvalue weighted by Crippen LogP contribution is -2.57. The van der Waals surface area contributed by atoms with Crippen LogP contribution in [0.3, 0.4) is 0 Å². The van der Waals surface area contributed by atoms with Gasteiger partial charge in [0.1, 0.15) is 0 Å². The van der Waals surface area contributed by atoms with Gasteiger partial charge in [0.25, 0.3) is 0 Å². The highest BCUT2D eigenvalue weighted by Gasteiger charge is 2.57. The molecule has 5 atom stereocenters. The summed E-state index contributed by atoms with van der Waals surface area (Å²) < 4.78 is 0. The van der Waals surface area contributed by atoms with Gasteiger partial charge in [0.15, 0.2) is 0 Å². The Bertz CT molecular complexity index is 316. The highest BCUT2D eigenvalue weighted by Crippen LogP contribution is 2.63. The van der Waals surface area contributed by atoms with Gasteiger partial charge in [-0.15, -0.1) is 0 Å². The fourth-order valence-electron chi connectivity index (χ4n) is 5.64. The van der Waals surface area contributed by atoms with Gasteiger partial charge in [0.05, 0.1) is 6.10 Å². The van der Waals surface area contributed by atoms with Crippen molar-refractivity contribution in [1.29, 1.82) is 0 Å². The summed E-state index contributed by atoms with van der Waals surface area (Å²) in [4.78, 5) is 0. The van der Waals surface area contributed by atoms with Crippen molar-refractivity contribution in [2.75, 3.05) is 0 Å². The minimum atomic E-state index is -0.0144. The Balaban J connectivity index is 1.57. The van der Waals surface area contributed by atoms with Gasteiger partial charge >= 0.3 is 0 Å². The molecule has 1 heteroatoms. The summed E-state index contributed by atoms with van der Waals surface area (Å²) in [7, 11) is 0. The maximum atomic E-state index is 10.7. The standard InChI is InChI=1S/C18H32O/c1-12-15(10-14-11-16(12)18(14,2)3)17(19)9-13-7-5-4-6-8-13/h12-17,19H,4-11H2,1-3H3/t12-,14+,15+,16+,17?/m0/s1. The third kappa shape index (κ3) is 2.37. The van der Waals surface area contributed by atoms with Crippen molar-refractivity contribution < 1.29 is 5.11 Å². The van der Waals surface area contributed by atoms with Crippen LogP contribution in [-0.2, 0) is 0 Å². The number of rotatable bonds is 3. The zero-order chi connectivity index (χ0) is 13.6. The Hall–Kier alpha value is -0.0400. The first-order valence-electron chi connectivity index (χ1n) is 8.68. The SMILES string of the molecule is C[C@@H]1[C@H]2C[C@@H](C[C@H]1C(O)CC1CCCCC1)C2(C)C. The number of aliphatic hydroxyl groups excluding tert-OH is 1. The molecule has 1 nitrogen and oxygen atoms in total. The molecule has 0 aliphatic heterocycles. The van der Waals surface area contributed by atoms with E-state index in [0.29, 0.717) is 11.3 Å². The predicted molar refractivity (Wildman–Crippen MR) is 79.8 cm³/mol. The molecule has 1 N–H and O–H groups in total. The first-order valence-corrected chi connectivity index (χ1v) is 8.68. The molecule has 0 aromatic heterocycles. The lowest BCUT2D eigenvalue weighted by Gasteiger charge is -2.63. The van der Waals surface area contributed by atoms with Crippen molar-refractivity contribution in [3.63, 3.8) is 0 Å². The zero-order valence-electron chi connectivity index (χ0n) is 13.1. The van der Waals surface area contributed by atoms with Gasteiger partial charge in [0, 0.05) is 0 Å². The minimum absolute atomic E-state index is 0.0144. The Labute approximate surface area is 119 Å². The van der Waals surface area contributed by atoms with Crippen molar-refractivity contribution in [1.82, 2.24) is 0 Å². The first-order chi connectivity index (χ1) is 9.00. The van der Waals surface area contributed by atoms with Crippen LogP contribution in [0.2, 0.25) is 0 Å². The van der Waals surface area contributed by atoms with E-state index in [-0.39, 0.29) is 6.10 Å². The second kappa shape index (κ2) is 5.06. The summed E-state index contributed by atoms with van der Waals surface area (Å²) >= 11 is 0. The molecule has 19 heavy (non-hydrogen) atoms. The third-order valence-electron chi connectivity index (χ3n) is 7.21. The maximum absolute atomic E-state index is 10.7. The Morgan fingerprint density at radius 3 is 2.37 bits per heavy atom. The zero-order valence-corrected chi connectivity index (χ0v) is 13.1. The van der Waals surface area contributed by atoms with E-state index in [2.05, 4.69) is 20.8 Å². The second-order valence-electron chi connectivity index (χ2n) is 8.43. The second-order valence-corrected chi connectivity index (χ2v) is 8.43. The third-order valence-corrected chi connectivity index (χ3v) is 7.21. The van der Waals surface area contributed by atoms with Gasteiger partial charge in [-0.2, -0.15) is 0 Å². The number of fused-ring (bicyclic) bond motifs is 2. The Kier molecular flexibility index (Phi) is 3.71. The molecule has 0 saturated heterocycles. The van der Waals surface area contributed by atoms with Crippen LogP contribution in [0.4, 0.5) is 0 Å². The van der Waals surface area contributed by atoms with Gasteiger partial charge in [-0.3, -0.25) is 0 Å². The first kappa shape index (κ1) is 13.9. The average Bonchev–Trinajstić information content (AvgIpc) is 2.39. The van der Waals surface area contributed by atoms with Gasteiger partial charge in [-0.25, -0.2) is 0 Å². The molecule has 110 valence electrons. The Morgan fingerprint density at radius 1 is 1.11 bits per heavy atom. The van der Waals surface area contributed by atoms with E-state index in [1.807, 2.05) is 0 Å². The van der Waals surface area contributed by atoms with Crippen LogP contribution in [0.25, 0.3) is 0 Å². The van der Waals surface area contributed by atoms with E-state index >= 15 is 0 Å². The molecule has 1 unspecified atom stereocenters. The van der Waals surface area contributed by atoms with Crippen molar-refractivity contribution >= 4 is 0 Å². The van der Waals surface area contributed by atoms with Crippen molar-refractivity contribution in [2.24, 2.45) is 35.0 Å². The van der Waals surface area contributed by atoms with Crippen LogP contribution < -0.4 is 0 Å². The molecule has 4 aliphatic rings. The summed E-state index contributed by atoms with van der Waals surface area (Å²) in [6, 6.07) is 0. The predicted octanol–water partition coefficient (Wildman–Crippen LogP) is 4.64. The van der Waals surface area contributed by atoms with E-state index in [9.17, 15) is 5.11 Å². The van der Waals surface area contributed by atoms with E-state index in [1.165, 1.54) is 44.9 Å². The largest absolute Gasteiger partial charge is 0.393 e. The molecule has 4 rings (SSSR count). The summed E-state index contributed by atoms with van der Waals surface area (Å²) in [6.07, 6.45) is 10.8. The van der Waals surface area contributed by atoms with Crippen LogP contribution in [0.15, 0.2) is 0 Å². The summed E-state index contributed by atoms with van der Waals surface area (Å²) in [5, 5.41) is 10.7. The minimum Gasteiger partial charge on any atom is -0.393 e. The van der Waals surface area contributed by atoms with Gasteiger partial charge < -0.3 is 5.11 Å². The molecule has 2 bridgehead atoms. The van der Waals surface area contributed by atoms with Gasteiger partial charge in [0.2, 0.25) is 0 Å². The van der Waals surface area contributed by atoms with Crippen LogP contribution in [0.1, 0.15) is 72.1 Å². The van der Waals surface area contributed by atoms with Crippen LogP contribution in [0.5, 0.6) is 0 Å². The number of aliphatic hydroxyl groups is 1. The quantitative estimate of drug-likeness (QED) is 0.787. The van der Waals surface area contributed by atoms with Crippen molar-refractivity contribution in [3.05, 3.63) is 0 Å². The number of hydrogen-bond donors (Lipinski definition) is 1. The van der Waals surface area contributed by atoms with Crippen molar-refractivity contribution in [3.8, 4) is 0 Å². The number of hydrogen-bond acceptors (Lipinski definition) is 1. The fourth-order valence-corrected chi connectivity index (χ4v) is 5.64. The summed E-state index contributed by atoms with van der Waals surface area (Å²) in [6.45, 7) is 7.31. The molecule has 4 saturated carbocycles.